The fourth-order valence-electron chi connectivity index (χ4n) is 3.72. The van der Waals surface area contributed by atoms with Crippen LogP contribution in [-0.4, -0.2) is 25.6 Å². The van der Waals surface area contributed by atoms with Crippen molar-refractivity contribution in [3.8, 4) is 5.75 Å². The number of alkyl halides is 6. The van der Waals surface area contributed by atoms with Crippen molar-refractivity contribution in [3.05, 3.63) is 81.5 Å². The molecule has 2 heterocycles. The van der Waals surface area contributed by atoms with Gasteiger partial charge in [-0.2, -0.15) is 17.5 Å². The molecule has 176 valence electrons. The molecule has 0 radical (unpaired) electrons. The van der Waals surface area contributed by atoms with Gasteiger partial charge in [-0.1, -0.05) is 18.2 Å². The van der Waals surface area contributed by atoms with E-state index in [0.29, 0.717) is 23.6 Å². The Kier molecular flexibility index (Phi) is 5.95. The largest absolute Gasteiger partial charge is 0.573 e. The summed E-state index contributed by atoms with van der Waals surface area (Å²) in [7, 11) is -4.37. The van der Waals surface area contributed by atoms with Gasteiger partial charge < -0.3 is 4.74 Å². The highest BCUT2D eigenvalue weighted by Gasteiger charge is 2.39. The lowest BCUT2D eigenvalue weighted by molar-refractivity contribution is -0.274. The van der Waals surface area contributed by atoms with Gasteiger partial charge in [0.2, 0.25) is 10.0 Å². The van der Waals surface area contributed by atoms with Crippen LogP contribution in [-0.2, 0) is 22.6 Å². The summed E-state index contributed by atoms with van der Waals surface area (Å²) >= 11 is 1.41. The topological polar surface area (TPSA) is 46.6 Å². The van der Waals surface area contributed by atoms with E-state index in [1.54, 1.807) is 11.4 Å². The molecule has 0 N–H and O–H groups in total. The second kappa shape index (κ2) is 8.33. The maximum absolute atomic E-state index is 13.4. The van der Waals surface area contributed by atoms with E-state index >= 15 is 0 Å². The summed E-state index contributed by atoms with van der Waals surface area (Å²) in [6, 6.07) is 9.02. The van der Waals surface area contributed by atoms with Gasteiger partial charge >= 0.3 is 12.5 Å². The number of halogens is 6. The smallest absolute Gasteiger partial charge is 0.406 e. The maximum Gasteiger partial charge on any atom is 0.573 e. The molecular formula is C21H15F6NO3S2. The number of fused-ring (bicyclic) bond motifs is 1. The van der Waals surface area contributed by atoms with Gasteiger partial charge in [0.15, 0.2) is 0 Å². The number of benzene rings is 2. The van der Waals surface area contributed by atoms with Crippen molar-refractivity contribution in [2.24, 2.45) is 0 Å². The van der Waals surface area contributed by atoms with Crippen molar-refractivity contribution in [1.29, 1.82) is 0 Å². The summed E-state index contributed by atoms with van der Waals surface area (Å²) in [6.07, 6.45) is -9.25. The highest BCUT2D eigenvalue weighted by atomic mass is 32.2. The normalized spacial score (nSPS) is 17.6. The molecule has 1 aliphatic heterocycles. The molecule has 0 bridgehead atoms. The molecule has 0 saturated carbocycles. The Bertz CT molecular complexity index is 1250. The van der Waals surface area contributed by atoms with Gasteiger partial charge in [0.25, 0.3) is 0 Å². The third-order valence-corrected chi connectivity index (χ3v) is 7.98. The summed E-state index contributed by atoms with van der Waals surface area (Å²) in [4.78, 5) is 0.379. The number of thiophene rings is 1. The van der Waals surface area contributed by atoms with Crippen LogP contribution in [0.15, 0.2) is 64.9 Å². The van der Waals surface area contributed by atoms with Crippen molar-refractivity contribution in [2.45, 2.75) is 29.9 Å². The van der Waals surface area contributed by atoms with E-state index in [1.807, 2.05) is 0 Å². The molecule has 12 heteroatoms. The molecule has 0 saturated heterocycles. The van der Waals surface area contributed by atoms with Crippen LogP contribution in [0.4, 0.5) is 26.3 Å². The monoisotopic (exact) mass is 507 g/mol. The van der Waals surface area contributed by atoms with Crippen molar-refractivity contribution in [2.75, 3.05) is 6.54 Å². The number of hydrogen-bond donors (Lipinski definition) is 0. The summed E-state index contributed by atoms with van der Waals surface area (Å²) < 4.78 is 109. The summed E-state index contributed by atoms with van der Waals surface area (Å²) in [6.45, 7) is -0.00242. The van der Waals surface area contributed by atoms with Gasteiger partial charge in [-0.25, -0.2) is 8.42 Å². The van der Waals surface area contributed by atoms with Crippen LogP contribution in [0.3, 0.4) is 0 Å². The van der Waals surface area contributed by atoms with E-state index in [0.717, 1.165) is 39.5 Å². The van der Waals surface area contributed by atoms with Crippen LogP contribution in [0.2, 0.25) is 0 Å². The number of ether oxygens (including phenoxy) is 1. The van der Waals surface area contributed by atoms with Crippen molar-refractivity contribution < 1.29 is 39.5 Å². The summed E-state index contributed by atoms with van der Waals surface area (Å²) in [5.74, 6) is -0.472. The number of hydrogen-bond acceptors (Lipinski definition) is 4. The van der Waals surface area contributed by atoms with Crippen molar-refractivity contribution >= 4 is 21.4 Å². The maximum atomic E-state index is 13.4. The van der Waals surface area contributed by atoms with Crippen molar-refractivity contribution in [3.63, 3.8) is 0 Å². The molecule has 1 aliphatic rings. The average Bonchev–Trinajstić information content (AvgIpc) is 3.21. The second-order valence-corrected chi connectivity index (χ2v) is 10.1. The van der Waals surface area contributed by atoms with Crippen LogP contribution in [0.1, 0.15) is 27.6 Å². The van der Waals surface area contributed by atoms with E-state index < -0.39 is 44.8 Å². The van der Waals surface area contributed by atoms with E-state index in [4.69, 9.17) is 0 Å². The molecule has 4 rings (SSSR count). The molecule has 1 aromatic heterocycles. The van der Waals surface area contributed by atoms with E-state index in [1.165, 1.54) is 23.5 Å². The molecule has 4 nitrogen and oxygen atoms in total. The molecule has 0 unspecified atom stereocenters. The van der Waals surface area contributed by atoms with Crippen LogP contribution in [0.25, 0.3) is 0 Å². The van der Waals surface area contributed by atoms with Gasteiger partial charge in [-0.05, 0) is 59.3 Å². The lowest BCUT2D eigenvalue weighted by Gasteiger charge is -2.35. The molecule has 1 atom stereocenters. The first-order valence-corrected chi connectivity index (χ1v) is 11.8. The van der Waals surface area contributed by atoms with Gasteiger partial charge in [0.1, 0.15) is 5.75 Å². The Morgan fingerprint density at radius 1 is 0.970 bits per heavy atom. The van der Waals surface area contributed by atoms with Crippen LogP contribution in [0.5, 0.6) is 5.75 Å². The fourth-order valence-corrected chi connectivity index (χ4v) is 6.26. The Labute approximate surface area is 189 Å². The lowest BCUT2D eigenvalue weighted by atomic mass is 9.95. The van der Waals surface area contributed by atoms with Crippen molar-refractivity contribution in [1.82, 2.24) is 4.31 Å². The molecule has 0 aliphatic carbocycles. The van der Waals surface area contributed by atoms with Crippen LogP contribution in [0, 0.1) is 0 Å². The minimum atomic E-state index is -4.88. The SMILES string of the molecule is O=S(=O)(c1cccc(C(F)(F)F)c1)N1CCc2sccc2[C@@H]1c1ccc(OC(F)(F)F)cc1. The molecule has 2 aromatic carbocycles. The molecule has 33 heavy (non-hydrogen) atoms. The molecular weight excluding hydrogens is 492 g/mol. The zero-order valence-corrected chi connectivity index (χ0v) is 18.2. The Morgan fingerprint density at radius 2 is 1.67 bits per heavy atom. The standard InChI is InChI=1S/C21H15F6NO3S2/c22-20(23,24)14-2-1-3-16(12-14)33(29,30)28-10-8-18-17(9-11-32-18)19(28)13-4-6-15(7-5-13)31-21(25,26)27/h1-7,9,11-12,19H,8,10H2/t19-/m0/s1. The molecule has 0 amide bonds. The predicted molar refractivity (Wildman–Crippen MR) is 108 cm³/mol. The van der Waals surface area contributed by atoms with E-state index in [-0.39, 0.29) is 6.54 Å². The Hall–Kier alpha value is -2.57. The Morgan fingerprint density at radius 3 is 2.30 bits per heavy atom. The minimum Gasteiger partial charge on any atom is -0.406 e. The summed E-state index contributed by atoms with van der Waals surface area (Å²) in [5, 5.41) is 1.76. The zero-order chi connectivity index (χ0) is 24.0. The number of rotatable bonds is 4. The van der Waals surface area contributed by atoms with Crippen LogP contribution < -0.4 is 4.74 Å². The molecule has 0 fully saturated rings. The minimum absolute atomic E-state index is 0.00242. The van der Waals surface area contributed by atoms with Gasteiger partial charge in [-0.3, -0.25) is 0 Å². The third kappa shape index (κ3) is 4.87. The quantitative estimate of drug-likeness (QED) is 0.407. The number of sulfonamides is 1. The first-order chi connectivity index (χ1) is 15.4. The predicted octanol–water partition coefficient (Wildman–Crippen LogP) is 6.00. The highest BCUT2D eigenvalue weighted by molar-refractivity contribution is 7.89. The summed E-state index contributed by atoms with van der Waals surface area (Å²) in [5.41, 5.74) is -0.104. The second-order valence-electron chi connectivity index (χ2n) is 7.21. The number of nitrogens with zero attached hydrogens (tertiary/aromatic N) is 1. The van der Waals surface area contributed by atoms with Gasteiger partial charge in [0.05, 0.1) is 16.5 Å². The van der Waals surface area contributed by atoms with E-state index in [2.05, 4.69) is 4.74 Å². The zero-order valence-electron chi connectivity index (χ0n) is 16.5. The Balaban J connectivity index is 1.76. The van der Waals surface area contributed by atoms with E-state index in [9.17, 15) is 34.8 Å². The fraction of sp³-hybridized carbons (Fsp3) is 0.238. The van der Waals surface area contributed by atoms with Gasteiger partial charge in [0, 0.05) is 11.4 Å². The highest BCUT2D eigenvalue weighted by Crippen LogP contribution is 2.42. The first-order valence-electron chi connectivity index (χ1n) is 9.47. The third-order valence-electron chi connectivity index (χ3n) is 5.12. The molecule has 3 aromatic rings. The average molecular weight is 507 g/mol. The van der Waals surface area contributed by atoms with Crippen LogP contribution >= 0.6 is 11.3 Å². The first kappa shape index (κ1) is 23.6. The lowest BCUT2D eigenvalue weighted by Crippen LogP contribution is -2.40. The molecule has 0 spiro atoms. The van der Waals surface area contributed by atoms with Gasteiger partial charge in [-0.15, -0.1) is 24.5 Å².